The lowest BCUT2D eigenvalue weighted by Gasteiger charge is -2.23. The van der Waals surface area contributed by atoms with Crippen molar-refractivity contribution < 1.29 is 4.74 Å². The van der Waals surface area contributed by atoms with Gasteiger partial charge in [-0.3, -0.25) is 0 Å². The molecule has 10 aromatic carbocycles. The monoisotopic (exact) mass is 696 g/mol. The topological polar surface area (TPSA) is 9.23 Å². The maximum Gasteiger partial charge on any atom is 0.135 e. The summed E-state index contributed by atoms with van der Waals surface area (Å²) >= 11 is 0. The van der Waals surface area contributed by atoms with Gasteiger partial charge in [-0.1, -0.05) is 176 Å². The van der Waals surface area contributed by atoms with Gasteiger partial charge in [0.15, 0.2) is 0 Å². The minimum atomic E-state index is 0.896. The molecule has 1 heteroatoms. The van der Waals surface area contributed by atoms with Crippen molar-refractivity contribution in [2.75, 3.05) is 0 Å². The van der Waals surface area contributed by atoms with E-state index in [0.29, 0.717) is 0 Å². The Morgan fingerprint density at radius 1 is 0.255 bits per heavy atom. The first-order chi connectivity index (χ1) is 27.3. The van der Waals surface area contributed by atoms with Crippen molar-refractivity contribution in [1.29, 1.82) is 0 Å². The maximum absolute atomic E-state index is 6.58. The zero-order valence-corrected chi connectivity index (χ0v) is 29.9. The van der Waals surface area contributed by atoms with Gasteiger partial charge in [-0.25, -0.2) is 0 Å². The van der Waals surface area contributed by atoms with Crippen molar-refractivity contribution in [3.05, 3.63) is 194 Å². The molecule has 0 saturated heterocycles. The van der Waals surface area contributed by atoms with Crippen LogP contribution in [-0.2, 0) is 0 Å². The highest BCUT2D eigenvalue weighted by Crippen LogP contribution is 2.58. The summed E-state index contributed by atoms with van der Waals surface area (Å²) in [6, 6.07) is 70.8. The van der Waals surface area contributed by atoms with Crippen LogP contribution in [0.25, 0.3) is 110 Å². The summed E-state index contributed by atoms with van der Waals surface area (Å²) in [5, 5.41) is 7.52. The van der Waals surface area contributed by atoms with E-state index in [0.717, 1.165) is 22.4 Å². The van der Waals surface area contributed by atoms with E-state index in [9.17, 15) is 0 Å². The van der Waals surface area contributed by atoms with Crippen molar-refractivity contribution in [3.8, 4) is 89.4 Å². The van der Waals surface area contributed by atoms with Gasteiger partial charge in [0.2, 0.25) is 0 Å². The van der Waals surface area contributed by atoms with Crippen LogP contribution < -0.4 is 4.74 Å². The molecular formula is C54H32O. The second-order valence-corrected chi connectivity index (χ2v) is 14.7. The van der Waals surface area contributed by atoms with Gasteiger partial charge < -0.3 is 4.74 Å². The van der Waals surface area contributed by atoms with Gasteiger partial charge in [0.25, 0.3) is 0 Å². The molecule has 12 rings (SSSR count). The summed E-state index contributed by atoms with van der Waals surface area (Å²) in [5.74, 6) is 1.80. The number of hydrogen-bond donors (Lipinski definition) is 0. The van der Waals surface area contributed by atoms with E-state index < -0.39 is 0 Å². The van der Waals surface area contributed by atoms with E-state index in [2.05, 4.69) is 194 Å². The van der Waals surface area contributed by atoms with Gasteiger partial charge >= 0.3 is 0 Å². The fourth-order valence-electron chi connectivity index (χ4n) is 9.45. The Morgan fingerprint density at radius 2 is 0.782 bits per heavy atom. The number of benzene rings is 10. The molecule has 1 aliphatic heterocycles. The summed E-state index contributed by atoms with van der Waals surface area (Å²) in [7, 11) is 0. The van der Waals surface area contributed by atoms with Crippen molar-refractivity contribution >= 4 is 32.3 Å². The summed E-state index contributed by atoms with van der Waals surface area (Å²) in [6.45, 7) is 0. The Balaban J connectivity index is 1.04. The molecule has 0 unspecified atom stereocenters. The van der Waals surface area contributed by atoms with Crippen LogP contribution in [0.4, 0.5) is 0 Å². The van der Waals surface area contributed by atoms with Crippen LogP contribution in [0.3, 0.4) is 0 Å². The third-order valence-corrected chi connectivity index (χ3v) is 11.8. The molecule has 0 radical (unpaired) electrons. The van der Waals surface area contributed by atoms with Crippen LogP contribution in [0, 0.1) is 0 Å². The Hall–Kier alpha value is -7.22. The fourth-order valence-corrected chi connectivity index (χ4v) is 9.45. The molecule has 0 spiro atoms. The smallest absolute Gasteiger partial charge is 0.135 e. The predicted molar refractivity (Wildman–Crippen MR) is 231 cm³/mol. The van der Waals surface area contributed by atoms with Crippen molar-refractivity contribution in [3.63, 3.8) is 0 Å². The van der Waals surface area contributed by atoms with Crippen LogP contribution in [0.15, 0.2) is 194 Å². The van der Waals surface area contributed by atoms with Gasteiger partial charge in [-0.15, -0.1) is 0 Å². The Bertz CT molecular complexity index is 3190. The minimum absolute atomic E-state index is 0.896. The maximum atomic E-state index is 6.58. The van der Waals surface area contributed by atoms with Crippen molar-refractivity contribution in [1.82, 2.24) is 0 Å². The van der Waals surface area contributed by atoms with E-state index in [4.69, 9.17) is 4.74 Å². The van der Waals surface area contributed by atoms with Crippen LogP contribution in [-0.4, -0.2) is 0 Å². The molecule has 0 atom stereocenters. The van der Waals surface area contributed by atoms with E-state index in [1.54, 1.807) is 0 Å². The summed E-state index contributed by atoms with van der Waals surface area (Å²) < 4.78 is 6.58. The van der Waals surface area contributed by atoms with Crippen molar-refractivity contribution in [2.24, 2.45) is 0 Å². The van der Waals surface area contributed by atoms with E-state index >= 15 is 0 Å². The minimum Gasteiger partial charge on any atom is -0.456 e. The Labute approximate surface area is 319 Å². The van der Waals surface area contributed by atoms with E-state index in [1.807, 2.05) is 0 Å². The number of rotatable bonds is 4. The van der Waals surface area contributed by atoms with Crippen LogP contribution in [0.5, 0.6) is 11.5 Å². The normalized spacial score (nSPS) is 12.1. The lowest BCUT2D eigenvalue weighted by Crippen LogP contribution is -1.98. The standard InChI is InChI=1S/C54H32O/c1-3-12-33(13-4-1)38-28-30-47-46(32-38)43-21-11-20-40-39(29-31-48(55-47)52(40)43)34-24-26-37(27-25-34)51-42-19-8-7-18-41(42)50(36-14-5-2-6-15-36)53-44-22-9-16-35-17-10-23-45(49(35)44)54(51)53/h1-32H. The van der Waals surface area contributed by atoms with Gasteiger partial charge in [-0.2, -0.15) is 0 Å². The van der Waals surface area contributed by atoms with Crippen LogP contribution in [0.2, 0.25) is 0 Å². The summed E-state index contributed by atoms with van der Waals surface area (Å²) in [4.78, 5) is 0. The molecule has 0 fully saturated rings. The zero-order valence-electron chi connectivity index (χ0n) is 29.9. The first kappa shape index (κ1) is 30.3. The first-order valence-electron chi connectivity index (χ1n) is 19.0. The first-order valence-corrected chi connectivity index (χ1v) is 19.0. The highest BCUT2D eigenvalue weighted by atomic mass is 16.5. The molecule has 0 aromatic heterocycles. The van der Waals surface area contributed by atoms with Gasteiger partial charge in [0, 0.05) is 10.9 Å². The molecule has 254 valence electrons. The lowest BCUT2D eigenvalue weighted by molar-refractivity contribution is 0.487. The molecule has 1 aliphatic carbocycles. The summed E-state index contributed by atoms with van der Waals surface area (Å²) in [5.41, 5.74) is 17.4. The lowest BCUT2D eigenvalue weighted by atomic mass is 9.82. The van der Waals surface area contributed by atoms with Gasteiger partial charge in [0.1, 0.15) is 11.5 Å². The SMILES string of the molecule is c1ccc(-c2ccc3c(c2)-c2cccc4c(-c5ccc(-c6c7c(c(-c8ccccc8)c8ccccc68)-c6cccc8cccc-7c68)cc5)ccc(c24)O3)cc1. The predicted octanol–water partition coefficient (Wildman–Crippen LogP) is 15.2. The molecule has 55 heavy (non-hydrogen) atoms. The van der Waals surface area contributed by atoms with Crippen LogP contribution >= 0.6 is 0 Å². The highest BCUT2D eigenvalue weighted by molar-refractivity contribution is 6.27. The molecular weight excluding hydrogens is 665 g/mol. The second-order valence-electron chi connectivity index (χ2n) is 14.7. The number of fused-ring (bicyclic) bond motifs is 6. The average Bonchev–Trinajstić information content (AvgIpc) is 3.58. The Kier molecular flexibility index (Phi) is 6.40. The van der Waals surface area contributed by atoms with E-state index in [-0.39, 0.29) is 0 Å². The molecule has 0 saturated carbocycles. The quantitative estimate of drug-likeness (QED) is 0.178. The highest BCUT2D eigenvalue weighted by Gasteiger charge is 2.30. The molecule has 1 heterocycles. The number of ether oxygens (including phenoxy) is 1. The van der Waals surface area contributed by atoms with Crippen molar-refractivity contribution in [2.45, 2.75) is 0 Å². The second kappa shape index (κ2) is 11.6. The average molecular weight is 697 g/mol. The van der Waals surface area contributed by atoms with E-state index in [1.165, 1.54) is 99.3 Å². The van der Waals surface area contributed by atoms with Gasteiger partial charge in [-0.05, 0) is 117 Å². The zero-order chi connectivity index (χ0) is 36.0. The third-order valence-electron chi connectivity index (χ3n) is 11.8. The number of hydrogen-bond acceptors (Lipinski definition) is 1. The van der Waals surface area contributed by atoms with Gasteiger partial charge in [0.05, 0.1) is 0 Å². The molecule has 10 aromatic rings. The summed E-state index contributed by atoms with van der Waals surface area (Å²) in [6.07, 6.45) is 0. The molecule has 1 nitrogen and oxygen atoms in total. The molecule has 0 amide bonds. The molecule has 2 aliphatic rings. The largest absolute Gasteiger partial charge is 0.456 e. The third kappa shape index (κ3) is 4.41. The molecule has 0 bridgehead atoms. The fraction of sp³-hybridized carbons (Fsp3) is 0. The Morgan fingerprint density at radius 3 is 1.47 bits per heavy atom. The van der Waals surface area contributed by atoms with Crippen LogP contribution in [0.1, 0.15) is 0 Å². The molecule has 0 N–H and O–H groups in total.